The van der Waals surface area contributed by atoms with Crippen molar-refractivity contribution in [1.82, 2.24) is 15.4 Å². The van der Waals surface area contributed by atoms with Crippen LogP contribution >= 0.6 is 0 Å². The lowest BCUT2D eigenvalue weighted by atomic mass is 9.89. The molecule has 0 aromatic heterocycles. The van der Waals surface area contributed by atoms with Crippen LogP contribution in [0, 0.1) is 5.41 Å². The maximum Gasteiger partial charge on any atom is 0.344 e. The van der Waals surface area contributed by atoms with Crippen LogP contribution in [0.3, 0.4) is 0 Å². The normalized spacial score (nSPS) is 26.1. The van der Waals surface area contributed by atoms with Crippen LogP contribution in [0.2, 0.25) is 0 Å². The Hall–Kier alpha value is -1.87. The van der Waals surface area contributed by atoms with Crippen LogP contribution in [0.15, 0.2) is 0 Å². The average molecular weight is 315 g/mol. The molecule has 2 rings (SSSR count). The van der Waals surface area contributed by atoms with Gasteiger partial charge in [-0.05, 0) is 12.8 Å². The zero-order chi connectivity index (χ0) is 16.7. The molecule has 124 valence electrons. The highest BCUT2D eigenvalue weighted by Crippen LogP contribution is 2.28. The minimum atomic E-state index is -1.21. The Balaban J connectivity index is 1.98. The highest BCUT2D eigenvalue weighted by molar-refractivity contribution is 5.88. The summed E-state index contributed by atoms with van der Waals surface area (Å²) in [5.74, 6) is -1.77. The molecule has 2 fully saturated rings. The number of hydroxylamine groups is 3. The largest absolute Gasteiger partial charge is 0.479 e. The van der Waals surface area contributed by atoms with Gasteiger partial charge in [0.15, 0.2) is 6.10 Å². The second kappa shape index (κ2) is 5.73. The first kappa shape index (κ1) is 16.5. The predicted molar refractivity (Wildman–Crippen MR) is 72.6 cm³/mol. The molecule has 9 heteroatoms. The maximum atomic E-state index is 12.2. The monoisotopic (exact) mass is 315 g/mol. The van der Waals surface area contributed by atoms with Crippen molar-refractivity contribution in [2.75, 3.05) is 6.54 Å². The highest BCUT2D eigenvalue weighted by Gasteiger charge is 2.47. The third-order valence-corrected chi connectivity index (χ3v) is 3.94. The number of hydrogen-bond acceptors (Lipinski definition) is 5. The Bertz CT molecular complexity index is 489. The van der Waals surface area contributed by atoms with Crippen LogP contribution in [0.1, 0.15) is 33.6 Å². The van der Waals surface area contributed by atoms with E-state index in [9.17, 15) is 19.6 Å². The Morgan fingerprint density at radius 1 is 1.36 bits per heavy atom. The summed E-state index contributed by atoms with van der Waals surface area (Å²) in [5.41, 5.74) is 1.44. The van der Waals surface area contributed by atoms with E-state index >= 15 is 0 Å². The van der Waals surface area contributed by atoms with Crippen molar-refractivity contribution in [2.24, 2.45) is 5.41 Å². The molecule has 22 heavy (non-hydrogen) atoms. The summed E-state index contributed by atoms with van der Waals surface area (Å²) >= 11 is 0. The number of fused-ring (bicyclic) bond motifs is 2. The van der Waals surface area contributed by atoms with E-state index < -0.39 is 35.5 Å². The fourth-order valence-electron chi connectivity index (χ4n) is 2.71. The molecule has 2 heterocycles. The van der Waals surface area contributed by atoms with E-state index in [-0.39, 0.29) is 12.6 Å². The standard InChI is InChI=1S/C13H21N3O6/c1-13(2,3)9(11(18)19)22-14-10(17)8-5-4-7-6-15(8)12(20)16(7)21/h7-9,21H,4-6H2,1-3H3,(H,14,17)(H,18,19)/t7-,8+,9?/m1/s1. The Morgan fingerprint density at radius 3 is 2.55 bits per heavy atom. The van der Waals surface area contributed by atoms with Crippen LogP contribution in [0.4, 0.5) is 4.79 Å². The topological polar surface area (TPSA) is 119 Å². The fourth-order valence-corrected chi connectivity index (χ4v) is 2.71. The zero-order valence-electron chi connectivity index (χ0n) is 12.8. The average Bonchev–Trinajstić information content (AvgIpc) is 2.62. The number of carbonyl (C=O) groups excluding carboxylic acids is 2. The lowest BCUT2D eigenvalue weighted by Crippen LogP contribution is -2.52. The minimum absolute atomic E-state index is 0.273. The third kappa shape index (κ3) is 3.00. The van der Waals surface area contributed by atoms with Crippen LogP contribution < -0.4 is 5.48 Å². The van der Waals surface area contributed by atoms with Gasteiger partial charge in [0.25, 0.3) is 5.91 Å². The van der Waals surface area contributed by atoms with E-state index in [1.165, 1.54) is 4.90 Å². The summed E-state index contributed by atoms with van der Waals surface area (Å²) in [6.07, 6.45) is -0.328. The summed E-state index contributed by atoms with van der Waals surface area (Å²) < 4.78 is 0. The van der Waals surface area contributed by atoms with E-state index in [1.54, 1.807) is 20.8 Å². The van der Waals surface area contributed by atoms with E-state index in [0.717, 1.165) is 0 Å². The van der Waals surface area contributed by atoms with E-state index in [2.05, 4.69) is 5.48 Å². The van der Waals surface area contributed by atoms with Crippen LogP contribution in [0.25, 0.3) is 0 Å². The molecule has 0 aliphatic carbocycles. The van der Waals surface area contributed by atoms with Crippen molar-refractivity contribution < 1.29 is 29.5 Å². The summed E-state index contributed by atoms with van der Waals surface area (Å²) in [6, 6.07) is -1.68. The highest BCUT2D eigenvalue weighted by atomic mass is 16.7. The number of carbonyl (C=O) groups is 3. The molecule has 3 atom stereocenters. The van der Waals surface area contributed by atoms with Crippen LogP contribution in [0.5, 0.6) is 0 Å². The summed E-state index contributed by atoms with van der Waals surface area (Å²) in [7, 11) is 0. The quantitative estimate of drug-likeness (QED) is 0.503. The number of hydrogen-bond donors (Lipinski definition) is 3. The van der Waals surface area contributed by atoms with Crippen molar-refractivity contribution in [3.63, 3.8) is 0 Å². The summed E-state index contributed by atoms with van der Waals surface area (Å²) in [5, 5.41) is 19.3. The SMILES string of the molecule is CC(C)(C)C(ONC(=O)[C@@H]1CC[C@@H]2CN1C(=O)N2O)C(=O)O. The van der Waals surface area contributed by atoms with Gasteiger partial charge in [0.05, 0.1) is 6.04 Å². The lowest BCUT2D eigenvalue weighted by molar-refractivity contribution is -0.172. The molecule has 2 saturated heterocycles. The molecular formula is C13H21N3O6. The number of aliphatic carboxylic acids is 1. The number of rotatable bonds is 4. The molecule has 0 aromatic rings. The zero-order valence-corrected chi connectivity index (χ0v) is 12.8. The van der Waals surface area contributed by atoms with Gasteiger partial charge >= 0.3 is 12.0 Å². The first-order valence-electron chi connectivity index (χ1n) is 7.10. The van der Waals surface area contributed by atoms with Gasteiger partial charge < -0.3 is 10.0 Å². The van der Waals surface area contributed by atoms with Crippen molar-refractivity contribution in [1.29, 1.82) is 0 Å². The molecule has 9 nitrogen and oxygen atoms in total. The van der Waals surface area contributed by atoms with Gasteiger partial charge in [0, 0.05) is 12.0 Å². The number of carboxylic acid groups (broad SMARTS) is 1. The Morgan fingerprint density at radius 2 is 2.00 bits per heavy atom. The van der Waals surface area contributed by atoms with Gasteiger partial charge in [-0.25, -0.2) is 20.1 Å². The van der Waals surface area contributed by atoms with Crippen molar-refractivity contribution >= 4 is 17.9 Å². The van der Waals surface area contributed by atoms with E-state index in [0.29, 0.717) is 17.9 Å². The van der Waals surface area contributed by atoms with E-state index in [1.807, 2.05) is 0 Å². The van der Waals surface area contributed by atoms with Gasteiger partial charge in [-0.1, -0.05) is 20.8 Å². The van der Waals surface area contributed by atoms with Crippen molar-refractivity contribution in [2.45, 2.75) is 51.8 Å². The molecule has 3 N–H and O–H groups in total. The maximum absolute atomic E-state index is 12.2. The van der Waals surface area contributed by atoms with Gasteiger partial charge in [-0.2, -0.15) is 0 Å². The molecule has 0 radical (unpaired) electrons. The van der Waals surface area contributed by atoms with Gasteiger partial charge in [-0.3, -0.25) is 14.8 Å². The number of amides is 3. The number of carboxylic acids is 1. The van der Waals surface area contributed by atoms with Crippen molar-refractivity contribution in [3.05, 3.63) is 0 Å². The first-order chi connectivity index (χ1) is 10.1. The summed E-state index contributed by atoms with van der Waals surface area (Å²) in [6.45, 7) is 5.30. The number of nitrogens with zero attached hydrogens (tertiary/aromatic N) is 2. The molecule has 1 unspecified atom stereocenters. The van der Waals surface area contributed by atoms with Gasteiger partial charge in [0.2, 0.25) is 0 Å². The lowest BCUT2D eigenvalue weighted by Gasteiger charge is -2.31. The third-order valence-electron chi connectivity index (χ3n) is 3.94. The Kier molecular flexibility index (Phi) is 4.30. The van der Waals surface area contributed by atoms with Gasteiger partial charge in [0.1, 0.15) is 6.04 Å². The molecule has 0 spiro atoms. The number of urea groups is 1. The Labute approximate surface area is 127 Å². The van der Waals surface area contributed by atoms with Crippen LogP contribution in [-0.2, 0) is 14.4 Å². The smallest absolute Gasteiger partial charge is 0.344 e. The van der Waals surface area contributed by atoms with Gasteiger partial charge in [-0.15, -0.1) is 0 Å². The molecule has 3 amide bonds. The molecule has 2 bridgehead atoms. The first-order valence-corrected chi connectivity index (χ1v) is 7.10. The molecule has 0 aromatic carbocycles. The molecular weight excluding hydrogens is 294 g/mol. The minimum Gasteiger partial charge on any atom is -0.479 e. The second-order valence-corrected chi connectivity index (χ2v) is 6.69. The second-order valence-electron chi connectivity index (χ2n) is 6.69. The predicted octanol–water partition coefficient (Wildman–Crippen LogP) is 0.191. The molecule has 2 aliphatic rings. The summed E-state index contributed by atoms with van der Waals surface area (Å²) in [4.78, 5) is 41.4. The number of nitrogens with one attached hydrogen (secondary N) is 1. The molecule has 0 saturated carbocycles. The van der Waals surface area contributed by atoms with E-state index in [4.69, 9.17) is 9.94 Å². The fraction of sp³-hybridized carbons (Fsp3) is 0.769. The van der Waals surface area contributed by atoms with Crippen molar-refractivity contribution in [3.8, 4) is 0 Å². The van der Waals surface area contributed by atoms with Crippen LogP contribution in [-0.4, -0.2) is 62.9 Å². The molecule has 2 aliphatic heterocycles. The number of piperidine rings is 1.